The number of alkyl halides is 3. The first-order chi connectivity index (χ1) is 10.0. The van der Waals surface area contributed by atoms with E-state index < -0.39 is 6.36 Å². The lowest BCUT2D eigenvalue weighted by molar-refractivity contribution is -0.274. The van der Waals surface area contributed by atoms with E-state index in [-0.39, 0.29) is 12.4 Å². The highest BCUT2D eigenvalue weighted by Crippen LogP contribution is 2.22. The van der Waals surface area contributed by atoms with Gasteiger partial charge in [-0.3, -0.25) is 0 Å². The van der Waals surface area contributed by atoms with Crippen molar-refractivity contribution in [2.75, 3.05) is 0 Å². The second-order valence-electron chi connectivity index (χ2n) is 4.03. The Hall–Kier alpha value is -2.50. The van der Waals surface area contributed by atoms with E-state index in [0.29, 0.717) is 5.56 Å². The second kappa shape index (κ2) is 6.78. The van der Waals surface area contributed by atoms with Crippen LogP contribution in [-0.4, -0.2) is 12.6 Å². The van der Waals surface area contributed by atoms with Crippen LogP contribution in [0.25, 0.3) is 0 Å². The summed E-state index contributed by atoms with van der Waals surface area (Å²) in [5.74, 6) is -0.273. The van der Waals surface area contributed by atoms with Gasteiger partial charge in [-0.25, -0.2) is 0 Å². The number of nitrogens with zero attached hydrogens (tertiary/aromatic N) is 1. The minimum absolute atomic E-state index is 0.131. The van der Waals surface area contributed by atoms with Gasteiger partial charge in [0.05, 0.1) is 0 Å². The molecule has 6 heteroatoms. The third kappa shape index (κ3) is 5.56. The Labute approximate surface area is 119 Å². The lowest BCUT2D eigenvalue weighted by Crippen LogP contribution is -2.17. The molecule has 0 fully saturated rings. The molecular weight excluding hydrogens is 283 g/mol. The molecule has 21 heavy (non-hydrogen) atoms. The van der Waals surface area contributed by atoms with E-state index in [1.165, 1.54) is 24.3 Å². The van der Waals surface area contributed by atoms with Crippen molar-refractivity contribution in [1.82, 2.24) is 0 Å². The molecule has 0 bridgehead atoms. The molecule has 0 aliphatic heterocycles. The quantitative estimate of drug-likeness (QED) is 0.616. The molecule has 1 radical (unpaired) electrons. The fourth-order valence-corrected chi connectivity index (χ4v) is 1.49. The number of hydrogen-bond acceptors (Lipinski definition) is 3. The number of benzene rings is 2. The van der Waals surface area contributed by atoms with Gasteiger partial charge in [-0.15, -0.1) is 13.2 Å². The monoisotopic (exact) mass is 294 g/mol. The van der Waals surface area contributed by atoms with Crippen molar-refractivity contribution in [2.24, 2.45) is 5.16 Å². The fraction of sp³-hybridized carbons (Fsp3) is 0.133. The molecule has 109 valence electrons. The van der Waals surface area contributed by atoms with Gasteiger partial charge in [0.1, 0.15) is 18.6 Å². The van der Waals surface area contributed by atoms with Gasteiger partial charge in [0.25, 0.3) is 0 Å². The summed E-state index contributed by atoms with van der Waals surface area (Å²) in [4.78, 5) is 5.02. The number of rotatable bonds is 5. The summed E-state index contributed by atoms with van der Waals surface area (Å²) in [6, 6.07) is 14.6. The van der Waals surface area contributed by atoms with Gasteiger partial charge in [0.15, 0.2) is 0 Å². The van der Waals surface area contributed by atoms with E-state index in [9.17, 15) is 13.2 Å². The highest BCUT2D eigenvalue weighted by molar-refractivity contribution is 5.78. The van der Waals surface area contributed by atoms with Crippen molar-refractivity contribution in [3.63, 3.8) is 0 Å². The molecule has 0 aliphatic carbocycles. The second-order valence-corrected chi connectivity index (χ2v) is 4.03. The lowest BCUT2D eigenvalue weighted by Gasteiger charge is -2.08. The minimum Gasteiger partial charge on any atom is -0.406 e. The van der Waals surface area contributed by atoms with Crippen LogP contribution in [-0.2, 0) is 11.4 Å². The van der Waals surface area contributed by atoms with Crippen LogP contribution < -0.4 is 4.74 Å². The van der Waals surface area contributed by atoms with Gasteiger partial charge in [0.2, 0.25) is 0 Å². The van der Waals surface area contributed by atoms with E-state index in [0.717, 1.165) is 5.56 Å². The molecule has 0 N–H and O–H groups in total. The summed E-state index contributed by atoms with van der Waals surface area (Å²) >= 11 is 0. The Morgan fingerprint density at radius 3 is 2.24 bits per heavy atom. The zero-order valence-electron chi connectivity index (χ0n) is 10.8. The summed E-state index contributed by atoms with van der Waals surface area (Å²) in [6.07, 6.45) is -2.00. The predicted molar refractivity (Wildman–Crippen MR) is 70.9 cm³/mol. The molecule has 0 saturated heterocycles. The number of ether oxygens (including phenoxy) is 1. The van der Waals surface area contributed by atoms with Gasteiger partial charge in [-0.1, -0.05) is 47.6 Å². The van der Waals surface area contributed by atoms with Crippen LogP contribution in [0.15, 0.2) is 59.8 Å². The van der Waals surface area contributed by atoms with E-state index >= 15 is 0 Å². The summed E-state index contributed by atoms with van der Waals surface area (Å²) in [5.41, 5.74) is 1.44. The molecule has 0 saturated carbocycles. The molecule has 0 spiro atoms. The van der Waals surface area contributed by atoms with Gasteiger partial charge in [-0.05, 0) is 17.7 Å². The van der Waals surface area contributed by atoms with E-state index in [1.807, 2.05) is 30.3 Å². The summed E-state index contributed by atoms with van der Waals surface area (Å²) < 4.78 is 39.7. The molecule has 0 unspecified atom stereocenters. The Balaban J connectivity index is 1.83. The first-order valence-corrected chi connectivity index (χ1v) is 6.01. The maximum absolute atomic E-state index is 12.0. The van der Waals surface area contributed by atoms with Crippen LogP contribution in [0.3, 0.4) is 0 Å². The minimum atomic E-state index is -4.69. The van der Waals surface area contributed by atoms with E-state index in [4.69, 9.17) is 4.84 Å². The average molecular weight is 294 g/mol. The fourth-order valence-electron chi connectivity index (χ4n) is 1.49. The number of halogens is 3. The van der Waals surface area contributed by atoms with Gasteiger partial charge in [0, 0.05) is 5.56 Å². The number of hydrogen-bond donors (Lipinski definition) is 0. The third-order valence-corrected chi connectivity index (χ3v) is 2.40. The summed E-state index contributed by atoms with van der Waals surface area (Å²) in [5, 5.41) is 3.66. The normalized spacial score (nSPS) is 11.6. The van der Waals surface area contributed by atoms with E-state index in [2.05, 4.69) is 16.1 Å². The molecule has 3 nitrogen and oxygen atoms in total. The van der Waals surface area contributed by atoms with Crippen molar-refractivity contribution in [2.45, 2.75) is 13.0 Å². The van der Waals surface area contributed by atoms with Crippen LogP contribution in [0, 0.1) is 0 Å². The largest absolute Gasteiger partial charge is 0.573 e. The third-order valence-electron chi connectivity index (χ3n) is 2.40. The SMILES string of the molecule is FC(F)(F)Oc1ccc(CO/N=[C]\c2ccccc2)cc1. The van der Waals surface area contributed by atoms with Crippen LogP contribution in [0.2, 0.25) is 0 Å². The van der Waals surface area contributed by atoms with Crippen LogP contribution in [0.1, 0.15) is 11.1 Å². The van der Waals surface area contributed by atoms with Crippen molar-refractivity contribution < 1.29 is 22.7 Å². The molecule has 2 rings (SSSR count). The van der Waals surface area contributed by atoms with Crippen LogP contribution in [0.4, 0.5) is 13.2 Å². The van der Waals surface area contributed by atoms with Crippen molar-refractivity contribution in [1.29, 1.82) is 0 Å². The van der Waals surface area contributed by atoms with E-state index in [1.54, 1.807) is 0 Å². The van der Waals surface area contributed by atoms with Crippen LogP contribution in [0.5, 0.6) is 5.75 Å². The first-order valence-electron chi connectivity index (χ1n) is 6.01. The highest BCUT2D eigenvalue weighted by atomic mass is 19.4. The topological polar surface area (TPSA) is 30.8 Å². The van der Waals surface area contributed by atoms with Crippen molar-refractivity contribution in [3.8, 4) is 5.75 Å². The van der Waals surface area contributed by atoms with Crippen LogP contribution >= 0.6 is 0 Å². The molecule has 2 aromatic rings. The van der Waals surface area contributed by atoms with Crippen molar-refractivity contribution in [3.05, 3.63) is 65.7 Å². The Bertz CT molecular complexity index is 580. The first kappa shape index (κ1) is 14.9. The summed E-state index contributed by atoms with van der Waals surface area (Å²) in [7, 11) is 0. The lowest BCUT2D eigenvalue weighted by atomic mass is 10.2. The molecule has 0 aromatic heterocycles. The Kier molecular flexibility index (Phi) is 4.81. The van der Waals surface area contributed by atoms with Gasteiger partial charge < -0.3 is 9.57 Å². The smallest absolute Gasteiger partial charge is 0.406 e. The maximum atomic E-state index is 12.0. The highest BCUT2D eigenvalue weighted by Gasteiger charge is 2.30. The zero-order chi connectivity index (χ0) is 15.1. The van der Waals surface area contributed by atoms with Gasteiger partial charge in [-0.2, -0.15) is 0 Å². The molecule has 0 atom stereocenters. The zero-order valence-corrected chi connectivity index (χ0v) is 10.8. The molecule has 0 heterocycles. The standard InChI is InChI=1S/C15H11F3NO2/c16-15(17,18)21-14-8-6-13(7-9-14)11-20-19-10-12-4-2-1-3-5-12/h1-9H,11H2. The maximum Gasteiger partial charge on any atom is 0.573 e. The molecular formula is C15H11F3NO2. The van der Waals surface area contributed by atoms with Gasteiger partial charge >= 0.3 is 6.36 Å². The molecule has 0 aliphatic rings. The Morgan fingerprint density at radius 2 is 1.62 bits per heavy atom. The molecule has 0 amide bonds. The van der Waals surface area contributed by atoms with Crippen molar-refractivity contribution >= 4 is 6.21 Å². The molecule has 2 aromatic carbocycles. The summed E-state index contributed by atoms with van der Waals surface area (Å²) in [6.45, 7) is 0.131. The average Bonchev–Trinajstić information content (AvgIpc) is 2.45. The Morgan fingerprint density at radius 1 is 0.952 bits per heavy atom. The predicted octanol–water partition coefficient (Wildman–Crippen LogP) is 4.01.